The quantitative estimate of drug-likeness (QED) is 0.0462. The normalized spacial score (nSPS) is 43.6. The van der Waals surface area contributed by atoms with Crippen molar-refractivity contribution in [3.8, 4) is 0 Å². The number of aliphatic imine (C=N–C) groups is 1. The highest BCUT2D eigenvalue weighted by Gasteiger charge is 2.53. The van der Waals surface area contributed by atoms with Crippen molar-refractivity contribution in [3.05, 3.63) is 0 Å². The van der Waals surface area contributed by atoms with Gasteiger partial charge in [0, 0.05) is 19.1 Å². The fraction of sp³-hybridized carbons (Fsp3) is 0.909. The third-order valence-corrected chi connectivity index (χ3v) is 7.62. The SMILES string of the molecule is NCCN(O)C(=O)N[C@@H]1C[C@H](N)[C@@H](O[C@H]2O[C@H](CN)[C@@H](O)[C@H](O)[C@H]2N=C(N)N)[C@H](O)[C@H]1O[C@H]1O[C@H](CO)[C@@H](O)[C@H](N)[C@H]1O. The summed E-state index contributed by atoms with van der Waals surface area (Å²) in [5.74, 6) is -0.469. The molecule has 15 atom stereocenters. The van der Waals surface area contributed by atoms with E-state index in [2.05, 4.69) is 10.3 Å². The van der Waals surface area contributed by atoms with Gasteiger partial charge >= 0.3 is 6.03 Å². The van der Waals surface area contributed by atoms with Crippen molar-refractivity contribution in [1.82, 2.24) is 10.4 Å². The van der Waals surface area contributed by atoms with Crippen molar-refractivity contribution in [2.24, 2.45) is 39.4 Å². The summed E-state index contributed by atoms with van der Waals surface area (Å²) in [6, 6.07) is -5.95. The number of ether oxygens (including phenoxy) is 4. The lowest BCUT2D eigenvalue weighted by Gasteiger charge is -2.49. The van der Waals surface area contributed by atoms with Crippen molar-refractivity contribution in [1.29, 1.82) is 0 Å². The van der Waals surface area contributed by atoms with Crippen molar-refractivity contribution in [2.45, 2.75) is 98.1 Å². The molecule has 0 unspecified atom stereocenters. The maximum Gasteiger partial charge on any atom is 0.341 e. The van der Waals surface area contributed by atoms with E-state index in [-0.39, 0.29) is 26.1 Å². The number of nitrogens with zero attached hydrogens (tertiary/aromatic N) is 2. The summed E-state index contributed by atoms with van der Waals surface area (Å²) in [5.41, 5.74) is 34.2. The van der Waals surface area contributed by atoms with E-state index in [0.29, 0.717) is 5.06 Å². The van der Waals surface area contributed by atoms with Gasteiger partial charge in [0.05, 0.1) is 25.2 Å². The summed E-state index contributed by atoms with van der Waals surface area (Å²) in [7, 11) is 0. The van der Waals surface area contributed by atoms with E-state index in [4.69, 9.17) is 53.3 Å². The van der Waals surface area contributed by atoms with Crippen molar-refractivity contribution >= 4 is 12.0 Å². The van der Waals surface area contributed by atoms with Crippen LogP contribution in [0.2, 0.25) is 0 Å². The van der Waals surface area contributed by atoms with Gasteiger partial charge in [-0.05, 0) is 6.42 Å². The standard InChI is InChI=1S/C22H45N9O12/c23-1-2-31(39)22(38)29-7-3-6(25)17(42-19-11(30-21(27)28)15(36)13(34)8(4-24)40-19)16(37)18(7)43-20-14(35)10(26)12(33)9(5-32)41-20/h6-20,32-37,39H,1-5,23-26H2,(H,29,38)(H4,27,28,30)/t6-,7+,8+,9+,10-,11+,12+,13+,14+,15+,16-,17+,18-,19+,20+/m0/s1. The van der Waals surface area contributed by atoms with Crippen LogP contribution in [0.25, 0.3) is 0 Å². The molecule has 0 bridgehead atoms. The Morgan fingerprint density at radius 3 is 2.12 bits per heavy atom. The first-order valence-corrected chi connectivity index (χ1v) is 13.7. The second kappa shape index (κ2) is 15.3. The Balaban J connectivity index is 1.91. The molecule has 3 fully saturated rings. The minimum atomic E-state index is -1.74. The number of nitrogens with two attached hydrogens (primary N) is 6. The Labute approximate surface area is 246 Å². The van der Waals surface area contributed by atoms with Crippen molar-refractivity contribution < 1.29 is 59.6 Å². The number of hydrogen-bond donors (Lipinski definition) is 14. The van der Waals surface area contributed by atoms with Gasteiger partial charge < -0.3 is 89.3 Å². The number of carbonyl (C=O) groups is 1. The number of guanidine groups is 1. The molecular formula is C22H45N9O12. The number of hydrogen-bond acceptors (Lipinski definition) is 17. The number of aliphatic hydroxyl groups excluding tert-OH is 6. The average Bonchev–Trinajstić information content (AvgIpc) is 2.96. The van der Waals surface area contributed by atoms with E-state index in [1.54, 1.807) is 0 Å². The number of rotatable bonds is 10. The molecule has 1 saturated carbocycles. The van der Waals surface area contributed by atoms with Gasteiger partial charge in [0.15, 0.2) is 18.5 Å². The number of nitrogens with one attached hydrogen (secondary N) is 1. The molecule has 2 heterocycles. The molecule has 21 nitrogen and oxygen atoms in total. The molecule has 0 spiro atoms. The van der Waals surface area contributed by atoms with Gasteiger partial charge in [0.25, 0.3) is 0 Å². The number of aliphatic hydroxyl groups is 6. The fourth-order valence-corrected chi connectivity index (χ4v) is 5.27. The topological polar surface area (TPSA) is 379 Å². The molecule has 250 valence electrons. The molecule has 0 aromatic heterocycles. The first-order chi connectivity index (χ1) is 20.2. The van der Waals surface area contributed by atoms with Crippen LogP contribution in [0.15, 0.2) is 4.99 Å². The van der Waals surface area contributed by atoms with Crippen LogP contribution in [0.4, 0.5) is 4.79 Å². The predicted molar refractivity (Wildman–Crippen MR) is 143 cm³/mol. The molecule has 3 rings (SSSR count). The van der Waals surface area contributed by atoms with E-state index in [9.17, 15) is 40.6 Å². The summed E-state index contributed by atoms with van der Waals surface area (Å²) >= 11 is 0. The maximum absolute atomic E-state index is 12.6. The summed E-state index contributed by atoms with van der Waals surface area (Å²) in [4.78, 5) is 16.5. The molecule has 20 N–H and O–H groups in total. The molecule has 21 heteroatoms. The Bertz CT molecular complexity index is 936. The van der Waals surface area contributed by atoms with Crippen molar-refractivity contribution in [3.63, 3.8) is 0 Å². The largest absolute Gasteiger partial charge is 0.394 e. The second-order valence-electron chi connectivity index (χ2n) is 10.6. The molecule has 2 amide bonds. The molecule has 0 aromatic rings. The van der Waals surface area contributed by atoms with Gasteiger partial charge in [-0.3, -0.25) is 5.21 Å². The average molecular weight is 628 g/mol. The molecule has 2 saturated heterocycles. The van der Waals surface area contributed by atoms with Crippen LogP contribution in [0.3, 0.4) is 0 Å². The van der Waals surface area contributed by atoms with Crippen molar-refractivity contribution in [2.75, 3.05) is 26.2 Å². The summed E-state index contributed by atoms with van der Waals surface area (Å²) in [6.07, 6.45) is -16.5. The minimum Gasteiger partial charge on any atom is -0.394 e. The molecule has 2 aliphatic heterocycles. The third kappa shape index (κ3) is 7.97. The Morgan fingerprint density at radius 1 is 0.907 bits per heavy atom. The van der Waals surface area contributed by atoms with Crippen LogP contribution in [0.1, 0.15) is 6.42 Å². The zero-order valence-electron chi connectivity index (χ0n) is 23.2. The number of amides is 2. The molecular weight excluding hydrogens is 582 g/mol. The van der Waals surface area contributed by atoms with E-state index in [1.165, 1.54) is 0 Å². The first kappa shape index (κ1) is 35.4. The van der Waals surface area contributed by atoms with Gasteiger partial charge in [-0.15, -0.1) is 0 Å². The van der Waals surface area contributed by atoms with Crippen LogP contribution < -0.4 is 39.7 Å². The monoisotopic (exact) mass is 627 g/mol. The second-order valence-corrected chi connectivity index (χ2v) is 10.6. The van der Waals surface area contributed by atoms with E-state index in [1.807, 2.05) is 0 Å². The summed E-state index contributed by atoms with van der Waals surface area (Å²) in [6.45, 7) is -1.23. The van der Waals surface area contributed by atoms with Gasteiger partial charge in [-0.25, -0.2) is 14.9 Å². The lowest BCUT2D eigenvalue weighted by Crippen LogP contribution is -2.69. The highest BCUT2D eigenvalue weighted by molar-refractivity contribution is 5.76. The number of hydroxylamine groups is 2. The zero-order valence-corrected chi connectivity index (χ0v) is 23.2. The van der Waals surface area contributed by atoms with Crippen LogP contribution in [-0.2, 0) is 18.9 Å². The van der Waals surface area contributed by atoms with Crippen LogP contribution >= 0.6 is 0 Å². The van der Waals surface area contributed by atoms with Crippen LogP contribution in [-0.4, -0.2) is 171 Å². The Hall–Kier alpha value is -2.06. The molecule has 0 radical (unpaired) electrons. The Kier molecular flexibility index (Phi) is 12.6. The first-order valence-electron chi connectivity index (χ1n) is 13.7. The van der Waals surface area contributed by atoms with E-state index < -0.39 is 110 Å². The Morgan fingerprint density at radius 2 is 1.53 bits per heavy atom. The molecule has 43 heavy (non-hydrogen) atoms. The van der Waals surface area contributed by atoms with Gasteiger partial charge in [-0.1, -0.05) is 0 Å². The molecule has 0 aromatic carbocycles. The highest BCUT2D eigenvalue weighted by Crippen LogP contribution is 2.32. The maximum atomic E-state index is 12.6. The molecule has 3 aliphatic rings. The number of urea groups is 1. The van der Waals surface area contributed by atoms with Gasteiger partial charge in [0.1, 0.15) is 61.0 Å². The van der Waals surface area contributed by atoms with E-state index >= 15 is 0 Å². The molecule has 1 aliphatic carbocycles. The lowest BCUT2D eigenvalue weighted by molar-refractivity contribution is -0.319. The van der Waals surface area contributed by atoms with Gasteiger partial charge in [0.2, 0.25) is 0 Å². The smallest absolute Gasteiger partial charge is 0.341 e. The highest BCUT2D eigenvalue weighted by atomic mass is 16.7. The fourth-order valence-electron chi connectivity index (χ4n) is 5.27. The zero-order chi connectivity index (χ0) is 32.2. The summed E-state index contributed by atoms with van der Waals surface area (Å²) in [5, 5.41) is 75.7. The minimum absolute atomic E-state index is 0.0693. The lowest BCUT2D eigenvalue weighted by atomic mass is 9.83. The van der Waals surface area contributed by atoms with E-state index in [0.717, 1.165) is 0 Å². The van der Waals surface area contributed by atoms with Crippen LogP contribution in [0, 0.1) is 0 Å². The predicted octanol–water partition coefficient (Wildman–Crippen LogP) is -8.61. The van der Waals surface area contributed by atoms with Crippen LogP contribution in [0.5, 0.6) is 0 Å². The number of carbonyl (C=O) groups excluding carboxylic acids is 1. The van der Waals surface area contributed by atoms with Gasteiger partial charge in [-0.2, -0.15) is 0 Å². The summed E-state index contributed by atoms with van der Waals surface area (Å²) < 4.78 is 23.0. The third-order valence-electron chi connectivity index (χ3n) is 7.62.